The number of carboxylic acid groups (broad SMARTS) is 1. The Bertz CT molecular complexity index is 1270. The lowest BCUT2D eigenvalue weighted by Crippen LogP contribution is -2.37. The van der Waals surface area contributed by atoms with Gasteiger partial charge in [-0.25, -0.2) is 0 Å². The minimum Gasteiger partial charge on any atom is -0.481 e. The van der Waals surface area contributed by atoms with Crippen LogP contribution >= 0.6 is 0 Å². The average molecular weight is 485 g/mol. The maximum atomic E-state index is 13.3. The molecule has 0 radical (unpaired) electrons. The van der Waals surface area contributed by atoms with Gasteiger partial charge in [-0.05, 0) is 59.4 Å². The Hall–Kier alpha value is -4.46. The van der Waals surface area contributed by atoms with Crippen molar-refractivity contribution in [3.8, 4) is 0 Å². The lowest BCUT2D eigenvalue weighted by atomic mass is 9.94. The summed E-state index contributed by atoms with van der Waals surface area (Å²) in [7, 11) is 0. The molecular formula is C28H28N4O4. The molecule has 0 aromatic heterocycles. The SMILES string of the molecule is NN=Cc1ccc(C(=O)Nc2ccc3c(c2)CN(CCc2ccccc2)C(=O)C(CC(=O)O)C3)cc1. The summed E-state index contributed by atoms with van der Waals surface area (Å²) in [6, 6.07) is 22.3. The van der Waals surface area contributed by atoms with Crippen molar-refractivity contribution in [3.63, 3.8) is 0 Å². The average Bonchev–Trinajstić information content (AvgIpc) is 3.00. The fraction of sp³-hybridized carbons (Fsp3) is 0.214. The molecule has 8 heteroatoms. The van der Waals surface area contributed by atoms with Gasteiger partial charge in [-0.3, -0.25) is 14.4 Å². The van der Waals surface area contributed by atoms with E-state index in [0.717, 1.165) is 22.3 Å². The standard InChI is InChI=1S/C28H28N4O4/c29-30-17-20-6-8-21(9-7-20)27(35)31-25-11-10-22-14-23(16-26(33)34)28(36)32(18-24(22)15-25)13-12-19-4-2-1-3-5-19/h1-11,15,17,23H,12-14,16,18,29H2,(H,31,35)(H,33,34). The van der Waals surface area contributed by atoms with Gasteiger partial charge in [-0.1, -0.05) is 48.5 Å². The second-order valence-corrected chi connectivity index (χ2v) is 8.83. The summed E-state index contributed by atoms with van der Waals surface area (Å²) < 4.78 is 0. The van der Waals surface area contributed by atoms with Crippen LogP contribution in [0, 0.1) is 5.92 Å². The molecule has 1 atom stereocenters. The van der Waals surface area contributed by atoms with Crippen LogP contribution in [0.25, 0.3) is 0 Å². The highest BCUT2D eigenvalue weighted by Gasteiger charge is 2.31. The number of carbonyl (C=O) groups is 3. The van der Waals surface area contributed by atoms with E-state index in [1.54, 1.807) is 35.2 Å². The Kier molecular flexibility index (Phi) is 7.75. The van der Waals surface area contributed by atoms with E-state index in [9.17, 15) is 19.5 Å². The van der Waals surface area contributed by atoms with Gasteiger partial charge in [0, 0.05) is 24.3 Å². The van der Waals surface area contributed by atoms with E-state index in [0.29, 0.717) is 37.2 Å². The number of nitrogens with two attached hydrogens (primary N) is 1. The molecule has 1 aliphatic heterocycles. The van der Waals surface area contributed by atoms with Crippen molar-refractivity contribution in [1.29, 1.82) is 0 Å². The number of hydrogen-bond acceptors (Lipinski definition) is 5. The monoisotopic (exact) mass is 484 g/mol. The summed E-state index contributed by atoms with van der Waals surface area (Å²) in [5, 5.41) is 15.8. The Morgan fingerprint density at radius 3 is 2.50 bits per heavy atom. The molecule has 3 aromatic carbocycles. The van der Waals surface area contributed by atoms with Gasteiger partial charge in [0.1, 0.15) is 0 Å². The predicted molar refractivity (Wildman–Crippen MR) is 138 cm³/mol. The van der Waals surface area contributed by atoms with Crippen LogP contribution < -0.4 is 11.2 Å². The molecule has 1 aliphatic rings. The maximum Gasteiger partial charge on any atom is 0.304 e. The molecule has 184 valence electrons. The third-order valence-electron chi connectivity index (χ3n) is 6.28. The van der Waals surface area contributed by atoms with Gasteiger partial charge in [0.15, 0.2) is 0 Å². The molecule has 0 aliphatic carbocycles. The van der Waals surface area contributed by atoms with Crippen LogP contribution in [-0.4, -0.2) is 40.5 Å². The molecule has 0 saturated carbocycles. The van der Waals surface area contributed by atoms with E-state index in [-0.39, 0.29) is 18.2 Å². The molecule has 36 heavy (non-hydrogen) atoms. The number of rotatable bonds is 8. The van der Waals surface area contributed by atoms with Gasteiger partial charge in [-0.15, -0.1) is 0 Å². The molecule has 2 amide bonds. The van der Waals surface area contributed by atoms with Gasteiger partial charge >= 0.3 is 5.97 Å². The van der Waals surface area contributed by atoms with Crippen LogP contribution in [-0.2, 0) is 29.0 Å². The number of fused-ring (bicyclic) bond motifs is 1. The van der Waals surface area contributed by atoms with Crippen LogP contribution in [0.4, 0.5) is 5.69 Å². The zero-order valence-corrected chi connectivity index (χ0v) is 19.8. The number of nitrogens with zero attached hydrogens (tertiary/aromatic N) is 2. The molecule has 0 spiro atoms. The molecule has 0 saturated heterocycles. The minimum absolute atomic E-state index is 0.156. The highest BCUT2D eigenvalue weighted by Crippen LogP contribution is 2.28. The van der Waals surface area contributed by atoms with E-state index in [1.807, 2.05) is 42.5 Å². The van der Waals surface area contributed by atoms with Gasteiger partial charge in [0.25, 0.3) is 5.91 Å². The summed E-state index contributed by atoms with van der Waals surface area (Å²) in [6.07, 6.45) is 2.30. The fourth-order valence-electron chi connectivity index (χ4n) is 4.42. The van der Waals surface area contributed by atoms with E-state index in [1.165, 1.54) is 6.21 Å². The minimum atomic E-state index is -0.993. The van der Waals surface area contributed by atoms with Crippen LogP contribution in [0.5, 0.6) is 0 Å². The van der Waals surface area contributed by atoms with Crippen molar-refractivity contribution in [1.82, 2.24) is 4.90 Å². The number of aliphatic carboxylic acids is 1. The van der Waals surface area contributed by atoms with Gasteiger partial charge in [-0.2, -0.15) is 5.10 Å². The Labute approximate surface area is 209 Å². The summed E-state index contributed by atoms with van der Waals surface area (Å²) in [5.41, 5.74) is 4.81. The first-order valence-corrected chi connectivity index (χ1v) is 11.7. The molecule has 1 heterocycles. The number of anilines is 1. The van der Waals surface area contributed by atoms with Crippen molar-refractivity contribution in [3.05, 3.63) is 101 Å². The molecular weight excluding hydrogens is 456 g/mol. The van der Waals surface area contributed by atoms with Gasteiger partial charge in [0.2, 0.25) is 5.91 Å². The van der Waals surface area contributed by atoms with Crippen molar-refractivity contribution in [2.24, 2.45) is 16.9 Å². The van der Waals surface area contributed by atoms with Gasteiger partial charge < -0.3 is 21.2 Å². The van der Waals surface area contributed by atoms with Gasteiger partial charge in [0.05, 0.1) is 18.6 Å². The first-order chi connectivity index (χ1) is 17.4. The largest absolute Gasteiger partial charge is 0.481 e. The number of benzene rings is 3. The van der Waals surface area contributed by atoms with Crippen LogP contribution in [0.15, 0.2) is 77.9 Å². The first kappa shape index (κ1) is 24.7. The highest BCUT2D eigenvalue weighted by atomic mass is 16.4. The topological polar surface area (TPSA) is 125 Å². The summed E-state index contributed by atoms with van der Waals surface area (Å²) in [4.78, 5) is 39.2. The molecule has 4 N–H and O–H groups in total. The zero-order valence-electron chi connectivity index (χ0n) is 19.8. The zero-order chi connectivity index (χ0) is 25.5. The third-order valence-corrected chi connectivity index (χ3v) is 6.28. The highest BCUT2D eigenvalue weighted by molar-refractivity contribution is 6.04. The quantitative estimate of drug-likeness (QED) is 0.257. The first-order valence-electron chi connectivity index (χ1n) is 11.7. The smallest absolute Gasteiger partial charge is 0.304 e. The summed E-state index contributed by atoms with van der Waals surface area (Å²) in [5.74, 6) is 3.12. The number of hydrazone groups is 1. The Balaban J connectivity index is 1.54. The fourth-order valence-corrected chi connectivity index (χ4v) is 4.42. The molecule has 8 nitrogen and oxygen atoms in total. The molecule has 0 fully saturated rings. The summed E-state index contributed by atoms with van der Waals surface area (Å²) in [6.45, 7) is 0.835. The normalized spacial score (nSPS) is 15.4. The van der Waals surface area contributed by atoms with E-state index in [2.05, 4.69) is 10.4 Å². The Morgan fingerprint density at radius 2 is 1.81 bits per heavy atom. The van der Waals surface area contributed by atoms with E-state index >= 15 is 0 Å². The van der Waals surface area contributed by atoms with E-state index < -0.39 is 11.9 Å². The van der Waals surface area contributed by atoms with Crippen molar-refractivity contribution < 1.29 is 19.5 Å². The van der Waals surface area contributed by atoms with Crippen molar-refractivity contribution >= 4 is 29.7 Å². The third kappa shape index (κ3) is 6.15. The number of carboxylic acids is 1. The molecule has 3 aromatic rings. The predicted octanol–water partition coefficient (Wildman–Crippen LogP) is 3.45. The van der Waals surface area contributed by atoms with Crippen molar-refractivity contribution in [2.75, 3.05) is 11.9 Å². The molecule has 1 unspecified atom stereocenters. The van der Waals surface area contributed by atoms with Crippen LogP contribution in [0.2, 0.25) is 0 Å². The number of amides is 2. The Morgan fingerprint density at radius 1 is 1.06 bits per heavy atom. The van der Waals surface area contributed by atoms with Crippen LogP contribution in [0.3, 0.4) is 0 Å². The van der Waals surface area contributed by atoms with Crippen LogP contribution in [0.1, 0.15) is 39.0 Å². The molecule has 0 bridgehead atoms. The number of carbonyl (C=O) groups excluding carboxylic acids is 2. The lowest BCUT2D eigenvalue weighted by molar-refractivity contribution is -0.144. The second kappa shape index (κ2) is 11.3. The molecule has 4 rings (SSSR count). The summed E-state index contributed by atoms with van der Waals surface area (Å²) >= 11 is 0. The maximum absolute atomic E-state index is 13.3. The number of hydrogen-bond donors (Lipinski definition) is 3. The lowest BCUT2D eigenvalue weighted by Gasteiger charge is -2.24. The second-order valence-electron chi connectivity index (χ2n) is 8.83. The number of nitrogens with one attached hydrogen (secondary N) is 1. The van der Waals surface area contributed by atoms with Crippen molar-refractivity contribution in [2.45, 2.75) is 25.8 Å². The van der Waals surface area contributed by atoms with E-state index in [4.69, 9.17) is 5.84 Å².